The van der Waals surface area contributed by atoms with E-state index in [-0.39, 0.29) is 17.9 Å². The Morgan fingerprint density at radius 3 is 2.63 bits per heavy atom. The molecule has 0 atom stereocenters. The maximum absolute atomic E-state index is 12.3. The van der Waals surface area contributed by atoms with Crippen LogP contribution in [0.2, 0.25) is 0 Å². The average molecular weight is 402 g/mol. The number of amides is 2. The van der Waals surface area contributed by atoms with Crippen molar-refractivity contribution in [1.29, 1.82) is 0 Å². The van der Waals surface area contributed by atoms with Crippen LogP contribution in [0.5, 0.6) is 11.5 Å². The van der Waals surface area contributed by atoms with E-state index in [1.54, 1.807) is 17.9 Å². The van der Waals surface area contributed by atoms with Crippen molar-refractivity contribution in [2.45, 2.75) is 32.2 Å². The molecule has 27 heavy (non-hydrogen) atoms. The van der Waals surface area contributed by atoms with E-state index in [1.807, 2.05) is 0 Å². The van der Waals surface area contributed by atoms with Crippen LogP contribution in [0.25, 0.3) is 0 Å². The smallest absolute Gasteiger partial charge is 0.490 e. The molecule has 2 aromatic rings. The Labute approximate surface area is 157 Å². The van der Waals surface area contributed by atoms with Crippen molar-refractivity contribution < 1.29 is 27.4 Å². The Hall–Kier alpha value is -2.56. The highest BCUT2D eigenvalue weighted by atomic mass is 32.1. The average Bonchev–Trinajstić information content (AvgIpc) is 2.99. The van der Waals surface area contributed by atoms with Gasteiger partial charge in [0.05, 0.1) is 0 Å². The molecule has 0 bridgehead atoms. The number of halogens is 3. The Morgan fingerprint density at radius 2 is 2.00 bits per heavy atom. The van der Waals surface area contributed by atoms with Gasteiger partial charge in [-0.15, -0.1) is 13.2 Å². The first-order valence-corrected chi connectivity index (χ1v) is 8.94. The van der Waals surface area contributed by atoms with Gasteiger partial charge in [-0.2, -0.15) is 4.37 Å². The lowest BCUT2D eigenvalue weighted by Crippen LogP contribution is -2.43. The number of hydrogen-bond donors (Lipinski definition) is 1. The van der Waals surface area contributed by atoms with Crippen LogP contribution in [-0.2, 0) is 0 Å². The number of carbonyl (C=O) groups excluding carboxylic acids is 1. The highest BCUT2D eigenvalue weighted by molar-refractivity contribution is 7.09. The predicted octanol–water partition coefficient (Wildman–Crippen LogP) is 3.82. The van der Waals surface area contributed by atoms with Gasteiger partial charge in [-0.05, 0) is 19.1 Å². The van der Waals surface area contributed by atoms with E-state index in [9.17, 15) is 18.0 Å². The summed E-state index contributed by atoms with van der Waals surface area (Å²) in [7, 11) is 0. The molecule has 0 spiro atoms. The highest BCUT2D eigenvalue weighted by Crippen LogP contribution is 2.27. The fourth-order valence-corrected chi connectivity index (χ4v) is 3.20. The zero-order valence-electron chi connectivity index (χ0n) is 14.3. The van der Waals surface area contributed by atoms with E-state index in [1.165, 1.54) is 18.2 Å². The molecule has 1 fully saturated rings. The van der Waals surface area contributed by atoms with Crippen molar-refractivity contribution in [3.8, 4) is 11.5 Å². The number of aromatic nitrogens is 2. The zero-order chi connectivity index (χ0) is 19.4. The number of aryl methyl sites for hydroxylation is 1. The summed E-state index contributed by atoms with van der Waals surface area (Å²) in [6, 6.07) is 5.15. The van der Waals surface area contributed by atoms with Crippen LogP contribution < -0.4 is 14.8 Å². The molecule has 2 amide bonds. The second-order valence-corrected chi connectivity index (χ2v) is 6.66. The predicted molar refractivity (Wildman–Crippen MR) is 92.0 cm³/mol. The van der Waals surface area contributed by atoms with Crippen LogP contribution in [0.4, 0.5) is 23.1 Å². The van der Waals surface area contributed by atoms with Crippen molar-refractivity contribution in [1.82, 2.24) is 14.3 Å². The molecule has 3 rings (SSSR count). The molecule has 0 radical (unpaired) electrons. The quantitative estimate of drug-likeness (QED) is 0.841. The number of nitrogens with zero attached hydrogens (tertiary/aromatic N) is 3. The fraction of sp³-hybridized carbons (Fsp3) is 0.438. The minimum atomic E-state index is -4.75. The van der Waals surface area contributed by atoms with Gasteiger partial charge in [-0.3, -0.25) is 5.32 Å². The Morgan fingerprint density at radius 1 is 1.30 bits per heavy atom. The van der Waals surface area contributed by atoms with Crippen molar-refractivity contribution in [2.75, 3.05) is 18.4 Å². The Bertz CT molecular complexity index is 791. The number of ether oxygens (including phenoxy) is 2. The number of carbonyl (C=O) groups is 1. The molecule has 7 nitrogen and oxygen atoms in total. The van der Waals surface area contributed by atoms with Crippen molar-refractivity contribution >= 4 is 22.7 Å². The summed E-state index contributed by atoms with van der Waals surface area (Å²) in [6.45, 7) is 2.67. The summed E-state index contributed by atoms with van der Waals surface area (Å²) >= 11 is 1.11. The van der Waals surface area contributed by atoms with Gasteiger partial charge in [0.15, 0.2) is 0 Å². The monoisotopic (exact) mass is 402 g/mol. The minimum absolute atomic E-state index is 0.195. The lowest BCUT2D eigenvalue weighted by molar-refractivity contribution is -0.274. The summed E-state index contributed by atoms with van der Waals surface area (Å²) in [6.07, 6.45) is -3.82. The highest BCUT2D eigenvalue weighted by Gasteiger charge is 2.31. The molecular formula is C16H17F3N4O3S. The lowest BCUT2D eigenvalue weighted by atomic mass is 10.1. The van der Waals surface area contributed by atoms with E-state index < -0.39 is 6.36 Å². The van der Waals surface area contributed by atoms with E-state index in [0.29, 0.717) is 42.6 Å². The van der Waals surface area contributed by atoms with Gasteiger partial charge < -0.3 is 14.4 Å². The van der Waals surface area contributed by atoms with Gasteiger partial charge in [0.1, 0.15) is 23.4 Å². The fourth-order valence-electron chi connectivity index (χ4n) is 2.63. The molecule has 1 N–H and O–H groups in total. The first-order valence-electron chi connectivity index (χ1n) is 8.17. The molecule has 1 aromatic carbocycles. The molecule has 1 aliphatic rings. The van der Waals surface area contributed by atoms with Gasteiger partial charge in [0, 0.05) is 43.5 Å². The number of nitrogens with one attached hydrogen (secondary N) is 1. The number of likely N-dealkylation sites (tertiary alicyclic amines) is 1. The van der Waals surface area contributed by atoms with Gasteiger partial charge in [0.25, 0.3) is 0 Å². The molecule has 1 aromatic heterocycles. The molecule has 1 saturated heterocycles. The number of alkyl halides is 3. The normalized spacial score (nSPS) is 15.5. The van der Waals surface area contributed by atoms with Crippen molar-refractivity contribution in [3.05, 3.63) is 30.1 Å². The van der Waals surface area contributed by atoms with E-state index in [2.05, 4.69) is 19.4 Å². The molecule has 0 unspecified atom stereocenters. The molecular weight excluding hydrogens is 385 g/mol. The first-order chi connectivity index (χ1) is 12.8. The van der Waals surface area contributed by atoms with Crippen LogP contribution in [-0.4, -0.2) is 45.8 Å². The number of piperidine rings is 1. The van der Waals surface area contributed by atoms with Gasteiger partial charge in [-0.1, -0.05) is 6.07 Å². The Kier molecular flexibility index (Phi) is 5.68. The van der Waals surface area contributed by atoms with Crippen molar-refractivity contribution in [2.24, 2.45) is 0 Å². The van der Waals surface area contributed by atoms with Crippen LogP contribution in [0.15, 0.2) is 24.3 Å². The zero-order valence-corrected chi connectivity index (χ0v) is 15.1. The number of anilines is 1. The number of benzene rings is 1. The molecule has 11 heteroatoms. The lowest BCUT2D eigenvalue weighted by Gasteiger charge is -2.32. The summed E-state index contributed by atoms with van der Waals surface area (Å²) in [4.78, 5) is 17.9. The van der Waals surface area contributed by atoms with Gasteiger partial charge in [0.2, 0.25) is 5.13 Å². The largest absolute Gasteiger partial charge is 0.573 e. The van der Waals surface area contributed by atoms with Crippen LogP contribution in [0.1, 0.15) is 18.7 Å². The third-order valence-electron chi connectivity index (χ3n) is 3.81. The third kappa shape index (κ3) is 5.71. The minimum Gasteiger partial charge on any atom is -0.490 e. The molecule has 1 aliphatic heterocycles. The van der Waals surface area contributed by atoms with Crippen molar-refractivity contribution in [3.63, 3.8) is 0 Å². The summed E-state index contributed by atoms with van der Waals surface area (Å²) in [5, 5.41) is 3.14. The number of rotatable bonds is 4. The third-order valence-corrected chi connectivity index (χ3v) is 4.53. The second kappa shape index (κ2) is 7.99. The molecule has 2 heterocycles. The standard InChI is InChI=1S/C16H17F3N4O3S/c1-10-20-14(27-22-10)21-15(24)23-7-5-11(6-8-23)25-12-3-2-4-13(9-12)26-16(17,18)19/h2-4,9,11H,5-8H2,1H3,(H,20,21,22,24). The molecule has 0 aliphatic carbocycles. The summed E-state index contributed by atoms with van der Waals surface area (Å²) in [5.41, 5.74) is 0. The SMILES string of the molecule is Cc1nsc(NC(=O)N2CCC(Oc3cccc(OC(F)(F)F)c3)CC2)n1. The van der Waals surface area contributed by atoms with Crippen LogP contribution >= 0.6 is 11.5 Å². The number of hydrogen-bond acceptors (Lipinski definition) is 6. The van der Waals surface area contributed by atoms with Crippen LogP contribution in [0, 0.1) is 6.92 Å². The molecule has 0 saturated carbocycles. The van der Waals surface area contributed by atoms with Crippen LogP contribution in [0.3, 0.4) is 0 Å². The number of urea groups is 1. The Balaban J connectivity index is 1.49. The summed E-state index contributed by atoms with van der Waals surface area (Å²) < 4.78 is 50.5. The van der Waals surface area contributed by atoms with E-state index in [0.717, 1.165) is 11.5 Å². The van der Waals surface area contributed by atoms with Gasteiger partial charge >= 0.3 is 12.4 Å². The second-order valence-electron chi connectivity index (χ2n) is 5.90. The maximum atomic E-state index is 12.3. The topological polar surface area (TPSA) is 76.6 Å². The molecule has 146 valence electrons. The van der Waals surface area contributed by atoms with E-state index in [4.69, 9.17) is 4.74 Å². The maximum Gasteiger partial charge on any atom is 0.573 e. The first kappa shape index (κ1) is 19.2. The summed E-state index contributed by atoms with van der Waals surface area (Å²) in [5.74, 6) is 0.562. The van der Waals surface area contributed by atoms with Gasteiger partial charge in [-0.25, -0.2) is 9.78 Å². The van der Waals surface area contributed by atoms with E-state index >= 15 is 0 Å².